The van der Waals surface area contributed by atoms with Gasteiger partial charge in [0.05, 0.1) is 16.7 Å². The van der Waals surface area contributed by atoms with E-state index < -0.39 is 11.9 Å². The third-order valence-electron chi connectivity index (χ3n) is 4.25. The second kappa shape index (κ2) is 7.01. The molecule has 4 heterocycles. The van der Waals surface area contributed by atoms with Gasteiger partial charge in [-0.15, -0.1) is 0 Å². The molecule has 0 spiro atoms. The number of fused-ring (bicyclic) bond motifs is 1. The number of halogens is 3. The number of H-pyrrole nitrogens is 1. The lowest BCUT2D eigenvalue weighted by atomic mass is 10.0. The molecule has 1 amide bonds. The van der Waals surface area contributed by atoms with Crippen LogP contribution in [0.4, 0.5) is 19.0 Å². The molecule has 4 rings (SSSR count). The zero-order valence-corrected chi connectivity index (χ0v) is 15.1. The number of aromatic nitrogens is 4. The molecule has 4 aromatic rings. The zero-order valence-electron chi connectivity index (χ0n) is 15.1. The van der Waals surface area contributed by atoms with Gasteiger partial charge in [0.25, 0.3) is 0 Å². The van der Waals surface area contributed by atoms with Gasteiger partial charge in [-0.3, -0.25) is 14.8 Å². The molecule has 6 nitrogen and oxygen atoms in total. The van der Waals surface area contributed by atoms with E-state index in [9.17, 15) is 18.0 Å². The third-order valence-corrected chi connectivity index (χ3v) is 4.25. The maximum Gasteiger partial charge on any atom is 0.433 e. The minimum atomic E-state index is -4.52. The monoisotopic (exact) mass is 397 g/mol. The van der Waals surface area contributed by atoms with E-state index in [0.29, 0.717) is 33.7 Å². The summed E-state index contributed by atoms with van der Waals surface area (Å²) in [5, 5.41) is 2.62. The molecule has 29 heavy (non-hydrogen) atoms. The van der Waals surface area contributed by atoms with Gasteiger partial charge in [-0.2, -0.15) is 13.2 Å². The van der Waals surface area contributed by atoms with Crippen LogP contribution >= 0.6 is 0 Å². The fourth-order valence-corrected chi connectivity index (χ4v) is 3.06. The zero-order chi connectivity index (χ0) is 20.6. The van der Waals surface area contributed by atoms with Crippen LogP contribution in [0.3, 0.4) is 0 Å². The number of anilines is 1. The lowest BCUT2D eigenvalue weighted by Crippen LogP contribution is -2.07. The van der Waals surface area contributed by atoms with Crippen molar-refractivity contribution in [2.45, 2.75) is 13.1 Å². The third kappa shape index (κ3) is 3.66. The molecule has 0 saturated heterocycles. The standard InChI is InChI=1S/C20H14F3N5O/c1-11(29)27-16-9-12(6-8-24-16)18-17(19-14(28-18)3-2-7-25-19)13-4-5-15(26-10-13)20(21,22)23/h2-10,28H,1H3,(H,24,27,29). The Morgan fingerprint density at radius 1 is 1.03 bits per heavy atom. The Morgan fingerprint density at radius 2 is 1.86 bits per heavy atom. The van der Waals surface area contributed by atoms with Crippen LogP contribution in [0.1, 0.15) is 12.6 Å². The first-order valence-electron chi connectivity index (χ1n) is 8.57. The number of carbonyl (C=O) groups is 1. The predicted octanol–water partition coefficient (Wildman–Crippen LogP) is 4.66. The molecule has 0 saturated carbocycles. The number of rotatable bonds is 3. The lowest BCUT2D eigenvalue weighted by Gasteiger charge is -2.09. The summed E-state index contributed by atoms with van der Waals surface area (Å²) in [7, 11) is 0. The van der Waals surface area contributed by atoms with Gasteiger partial charge in [0.15, 0.2) is 0 Å². The highest BCUT2D eigenvalue weighted by Gasteiger charge is 2.32. The van der Waals surface area contributed by atoms with Crippen LogP contribution < -0.4 is 5.32 Å². The van der Waals surface area contributed by atoms with Gasteiger partial charge in [0, 0.05) is 42.2 Å². The number of aromatic amines is 1. The van der Waals surface area contributed by atoms with Crippen molar-refractivity contribution in [3.8, 4) is 22.4 Å². The summed E-state index contributed by atoms with van der Waals surface area (Å²) in [6.45, 7) is 1.38. The lowest BCUT2D eigenvalue weighted by molar-refractivity contribution is -0.141. The maximum atomic E-state index is 12.9. The van der Waals surface area contributed by atoms with Crippen molar-refractivity contribution in [3.05, 3.63) is 60.7 Å². The highest BCUT2D eigenvalue weighted by molar-refractivity contribution is 6.01. The first-order chi connectivity index (χ1) is 13.8. The van der Waals surface area contributed by atoms with Crippen molar-refractivity contribution in [3.63, 3.8) is 0 Å². The first kappa shape index (κ1) is 18.6. The Balaban J connectivity index is 1.89. The van der Waals surface area contributed by atoms with Crippen molar-refractivity contribution in [1.82, 2.24) is 19.9 Å². The summed E-state index contributed by atoms with van der Waals surface area (Å²) in [4.78, 5) is 26.6. The molecule has 4 aromatic heterocycles. The smallest absolute Gasteiger partial charge is 0.353 e. The van der Waals surface area contributed by atoms with Gasteiger partial charge in [-0.1, -0.05) is 6.07 Å². The van der Waals surface area contributed by atoms with Crippen LogP contribution in [0.25, 0.3) is 33.4 Å². The van der Waals surface area contributed by atoms with E-state index in [1.165, 1.54) is 25.4 Å². The van der Waals surface area contributed by atoms with Crippen LogP contribution in [0.15, 0.2) is 55.0 Å². The summed E-state index contributed by atoms with van der Waals surface area (Å²) in [5.41, 5.74) is 2.77. The fraction of sp³-hybridized carbons (Fsp3) is 0.100. The topological polar surface area (TPSA) is 83.6 Å². The minimum Gasteiger partial charge on any atom is -0.353 e. The molecule has 0 aromatic carbocycles. The number of amides is 1. The second-order valence-corrected chi connectivity index (χ2v) is 6.32. The highest BCUT2D eigenvalue weighted by Crippen LogP contribution is 2.38. The molecule has 2 N–H and O–H groups in total. The molecule has 0 fully saturated rings. The summed E-state index contributed by atoms with van der Waals surface area (Å²) >= 11 is 0. The number of nitrogens with zero attached hydrogens (tertiary/aromatic N) is 3. The van der Waals surface area contributed by atoms with Crippen molar-refractivity contribution in [2.24, 2.45) is 0 Å². The van der Waals surface area contributed by atoms with Gasteiger partial charge < -0.3 is 10.3 Å². The van der Waals surface area contributed by atoms with E-state index in [2.05, 4.69) is 25.3 Å². The quantitative estimate of drug-likeness (QED) is 0.527. The summed E-state index contributed by atoms with van der Waals surface area (Å²) in [6, 6.07) is 9.29. The number of nitrogens with one attached hydrogen (secondary N) is 2. The molecule has 0 radical (unpaired) electrons. The van der Waals surface area contributed by atoms with Crippen LogP contribution in [0.5, 0.6) is 0 Å². The SMILES string of the molecule is CC(=O)Nc1cc(-c2[nH]c3cccnc3c2-c2ccc(C(F)(F)F)nc2)ccn1. The second-order valence-electron chi connectivity index (χ2n) is 6.32. The van der Waals surface area contributed by atoms with E-state index in [4.69, 9.17) is 0 Å². The van der Waals surface area contributed by atoms with E-state index in [1.807, 2.05) is 6.07 Å². The maximum absolute atomic E-state index is 12.9. The van der Waals surface area contributed by atoms with Crippen LogP contribution in [-0.4, -0.2) is 25.8 Å². The summed E-state index contributed by atoms with van der Waals surface area (Å²) < 4.78 is 38.7. The average molecular weight is 397 g/mol. The molecule has 0 unspecified atom stereocenters. The Morgan fingerprint density at radius 3 is 2.55 bits per heavy atom. The number of hydrogen-bond donors (Lipinski definition) is 2. The van der Waals surface area contributed by atoms with Crippen molar-refractivity contribution < 1.29 is 18.0 Å². The fourth-order valence-electron chi connectivity index (χ4n) is 3.06. The van der Waals surface area contributed by atoms with E-state index in [-0.39, 0.29) is 5.91 Å². The van der Waals surface area contributed by atoms with Crippen molar-refractivity contribution in [2.75, 3.05) is 5.32 Å². The molecule has 0 bridgehead atoms. The van der Waals surface area contributed by atoms with Crippen LogP contribution in [0.2, 0.25) is 0 Å². The van der Waals surface area contributed by atoms with Crippen molar-refractivity contribution >= 4 is 22.8 Å². The molecule has 0 aliphatic rings. The molecular weight excluding hydrogens is 383 g/mol. The van der Waals surface area contributed by atoms with E-state index >= 15 is 0 Å². The largest absolute Gasteiger partial charge is 0.433 e. The Labute approximate surface area is 162 Å². The molecule has 146 valence electrons. The van der Waals surface area contributed by atoms with Gasteiger partial charge in [0.2, 0.25) is 5.91 Å². The molecule has 0 aliphatic heterocycles. The molecule has 0 aliphatic carbocycles. The number of pyridine rings is 3. The normalized spacial score (nSPS) is 11.6. The van der Waals surface area contributed by atoms with Gasteiger partial charge in [-0.05, 0) is 30.3 Å². The van der Waals surface area contributed by atoms with Crippen LogP contribution in [0, 0.1) is 0 Å². The van der Waals surface area contributed by atoms with Crippen LogP contribution in [-0.2, 0) is 11.0 Å². The minimum absolute atomic E-state index is 0.264. The summed E-state index contributed by atoms with van der Waals surface area (Å²) in [5.74, 6) is 0.0956. The van der Waals surface area contributed by atoms with Gasteiger partial charge in [-0.25, -0.2) is 4.98 Å². The average Bonchev–Trinajstić information content (AvgIpc) is 3.07. The van der Waals surface area contributed by atoms with E-state index in [0.717, 1.165) is 11.6 Å². The highest BCUT2D eigenvalue weighted by atomic mass is 19.4. The Hall–Kier alpha value is -3.75. The number of carbonyl (C=O) groups excluding carboxylic acids is 1. The number of alkyl halides is 3. The Bertz CT molecular complexity index is 1200. The molecule has 0 atom stereocenters. The predicted molar refractivity (Wildman–Crippen MR) is 102 cm³/mol. The Kier molecular flexibility index (Phi) is 4.50. The first-order valence-corrected chi connectivity index (χ1v) is 8.57. The van der Waals surface area contributed by atoms with Crippen molar-refractivity contribution in [1.29, 1.82) is 0 Å². The molecule has 9 heteroatoms. The van der Waals surface area contributed by atoms with Gasteiger partial charge >= 0.3 is 6.18 Å². The summed E-state index contributed by atoms with van der Waals surface area (Å²) in [6.07, 6.45) is -0.192. The van der Waals surface area contributed by atoms with Gasteiger partial charge in [0.1, 0.15) is 11.5 Å². The van der Waals surface area contributed by atoms with E-state index in [1.54, 1.807) is 24.4 Å². The number of hydrogen-bond acceptors (Lipinski definition) is 4. The molecular formula is C20H14F3N5O.